The average molecular weight is 330 g/mol. The highest BCUT2D eigenvalue weighted by Gasteiger charge is 2.22. The minimum Gasteiger partial charge on any atom is -0.461 e. The first-order valence-corrected chi connectivity index (χ1v) is 8.31. The summed E-state index contributed by atoms with van der Waals surface area (Å²) in [4.78, 5) is 17.0. The van der Waals surface area contributed by atoms with Gasteiger partial charge in [-0.15, -0.1) is 0 Å². The maximum atomic E-state index is 12.5. The highest BCUT2D eigenvalue weighted by atomic mass is 16.5. The predicted octanol–water partition coefficient (Wildman–Crippen LogP) is 4.57. The van der Waals surface area contributed by atoms with Crippen LogP contribution in [0.1, 0.15) is 17.4 Å². The molecule has 0 amide bonds. The summed E-state index contributed by atoms with van der Waals surface area (Å²) in [7, 11) is 2.02. The number of benzene rings is 2. The Bertz CT molecular complexity index is 1080. The third kappa shape index (κ3) is 2.38. The summed E-state index contributed by atoms with van der Waals surface area (Å²) in [5, 5.41) is 2.13. The molecule has 0 unspecified atom stereocenters. The molecular weight excluding hydrogens is 312 g/mol. The van der Waals surface area contributed by atoms with Gasteiger partial charge in [0.05, 0.1) is 18.3 Å². The monoisotopic (exact) mass is 330 g/mol. The molecule has 0 bridgehead atoms. The Kier molecular flexibility index (Phi) is 3.73. The number of rotatable bonds is 3. The van der Waals surface area contributed by atoms with Crippen molar-refractivity contribution < 1.29 is 9.53 Å². The van der Waals surface area contributed by atoms with Gasteiger partial charge in [0.1, 0.15) is 0 Å². The van der Waals surface area contributed by atoms with Crippen LogP contribution in [0.25, 0.3) is 32.9 Å². The summed E-state index contributed by atoms with van der Waals surface area (Å²) in [6, 6.07) is 18.1. The lowest BCUT2D eigenvalue weighted by molar-refractivity contribution is 0.0520. The standard InChI is InChI=1S/C21H18N2O2/c1-3-25-21(24)20-18(14-9-5-4-6-10-14)19-15-11-7-8-12-16(15)23(2)17(19)13-22-20/h4-13H,3H2,1-2H3. The number of pyridine rings is 1. The topological polar surface area (TPSA) is 44.1 Å². The summed E-state index contributed by atoms with van der Waals surface area (Å²) in [5.41, 5.74) is 4.25. The molecule has 0 saturated heterocycles. The first kappa shape index (κ1) is 15.4. The summed E-state index contributed by atoms with van der Waals surface area (Å²) in [6.45, 7) is 2.12. The molecule has 0 spiro atoms. The van der Waals surface area contributed by atoms with Gasteiger partial charge in [0, 0.05) is 28.9 Å². The quantitative estimate of drug-likeness (QED) is 0.517. The number of ether oxygens (including phenoxy) is 1. The van der Waals surface area contributed by atoms with Crippen LogP contribution in [0.2, 0.25) is 0 Å². The molecule has 0 radical (unpaired) electrons. The number of aryl methyl sites for hydroxylation is 1. The van der Waals surface area contributed by atoms with E-state index in [1.807, 2.05) is 49.5 Å². The largest absolute Gasteiger partial charge is 0.461 e. The molecule has 0 fully saturated rings. The molecule has 124 valence electrons. The van der Waals surface area contributed by atoms with Crippen LogP contribution in [0, 0.1) is 0 Å². The number of esters is 1. The van der Waals surface area contributed by atoms with Gasteiger partial charge < -0.3 is 9.30 Å². The van der Waals surface area contributed by atoms with Gasteiger partial charge in [0.2, 0.25) is 0 Å². The number of hydrogen-bond acceptors (Lipinski definition) is 3. The van der Waals surface area contributed by atoms with Crippen molar-refractivity contribution in [2.45, 2.75) is 6.92 Å². The van der Waals surface area contributed by atoms with Gasteiger partial charge in [-0.3, -0.25) is 0 Å². The zero-order valence-corrected chi connectivity index (χ0v) is 14.2. The molecular formula is C21H18N2O2. The van der Waals surface area contributed by atoms with Crippen LogP contribution in [0.3, 0.4) is 0 Å². The molecule has 4 aromatic rings. The highest BCUT2D eigenvalue weighted by Crippen LogP contribution is 2.37. The van der Waals surface area contributed by atoms with E-state index in [0.717, 1.165) is 32.9 Å². The smallest absolute Gasteiger partial charge is 0.357 e. The van der Waals surface area contributed by atoms with E-state index < -0.39 is 5.97 Å². The highest BCUT2D eigenvalue weighted by molar-refractivity contribution is 6.18. The number of hydrogen-bond donors (Lipinski definition) is 0. The van der Waals surface area contributed by atoms with Crippen LogP contribution < -0.4 is 0 Å². The Balaban J connectivity index is 2.17. The van der Waals surface area contributed by atoms with Crippen molar-refractivity contribution in [3.63, 3.8) is 0 Å². The summed E-state index contributed by atoms with van der Waals surface area (Å²) in [5.74, 6) is -0.392. The molecule has 0 atom stereocenters. The normalized spacial score (nSPS) is 11.1. The van der Waals surface area contributed by atoms with Gasteiger partial charge in [0.25, 0.3) is 0 Å². The fourth-order valence-corrected chi connectivity index (χ4v) is 3.38. The fourth-order valence-electron chi connectivity index (χ4n) is 3.38. The van der Waals surface area contributed by atoms with Crippen molar-refractivity contribution in [2.75, 3.05) is 6.61 Å². The zero-order valence-electron chi connectivity index (χ0n) is 14.2. The van der Waals surface area contributed by atoms with Crippen molar-refractivity contribution in [1.82, 2.24) is 9.55 Å². The molecule has 4 nitrogen and oxygen atoms in total. The van der Waals surface area contributed by atoms with E-state index in [0.29, 0.717) is 12.3 Å². The maximum absolute atomic E-state index is 12.5. The molecule has 4 rings (SSSR count). The van der Waals surface area contributed by atoms with Crippen LogP contribution >= 0.6 is 0 Å². The van der Waals surface area contributed by atoms with Crippen LogP contribution in [0.15, 0.2) is 60.8 Å². The molecule has 0 N–H and O–H groups in total. The first-order valence-electron chi connectivity index (χ1n) is 8.31. The van der Waals surface area contributed by atoms with E-state index in [4.69, 9.17) is 4.74 Å². The molecule has 25 heavy (non-hydrogen) atoms. The van der Waals surface area contributed by atoms with Crippen molar-refractivity contribution in [1.29, 1.82) is 0 Å². The lowest BCUT2D eigenvalue weighted by Crippen LogP contribution is -2.09. The number of carbonyl (C=O) groups is 1. The molecule has 2 heterocycles. The van der Waals surface area contributed by atoms with Gasteiger partial charge >= 0.3 is 5.97 Å². The molecule has 0 aliphatic heterocycles. The zero-order chi connectivity index (χ0) is 17.4. The second-order valence-electron chi connectivity index (χ2n) is 5.90. The van der Waals surface area contributed by atoms with E-state index >= 15 is 0 Å². The molecule has 2 aromatic heterocycles. The summed E-state index contributed by atoms with van der Waals surface area (Å²) < 4.78 is 7.36. The SMILES string of the molecule is CCOC(=O)c1ncc2c(c1-c1ccccc1)c1ccccc1n2C. The average Bonchev–Trinajstić information content (AvgIpc) is 2.95. The minimum absolute atomic E-state index is 0.322. The predicted molar refractivity (Wildman–Crippen MR) is 99.6 cm³/mol. The third-order valence-corrected chi connectivity index (χ3v) is 4.49. The minimum atomic E-state index is -0.392. The van der Waals surface area contributed by atoms with Gasteiger partial charge in [0.15, 0.2) is 5.69 Å². The molecule has 4 heteroatoms. The Labute approximate surface area is 145 Å². The van der Waals surface area contributed by atoms with Gasteiger partial charge in [-0.25, -0.2) is 9.78 Å². The second kappa shape index (κ2) is 6.06. The molecule has 0 aliphatic carbocycles. The maximum Gasteiger partial charge on any atom is 0.357 e. The number of para-hydroxylation sites is 1. The number of aromatic nitrogens is 2. The Morgan fingerprint density at radius 1 is 1.04 bits per heavy atom. The van der Waals surface area contributed by atoms with E-state index in [1.165, 1.54) is 0 Å². The lowest BCUT2D eigenvalue weighted by Gasteiger charge is -2.10. The number of carbonyl (C=O) groups excluding carboxylic acids is 1. The fraction of sp³-hybridized carbons (Fsp3) is 0.143. The second-order valence-corrected chi connectivity index (χ2v) is 5.90. The van der Waals surface area contributed by atoms with Crippen molar-refractivity contribution in [3.8, 4) is 11.1 Å². The van der Waals surface area contributed by atoms with Crippen LogP contribution in [-0.2, 0) is 11.8 Å². The van der Waals surface area contributed by atoms with E-state index in [9.17, 15) is 4.79 Å². The Hall–Kier alpha value is -3.14. The summed E-state index contributed by atoms with van der Waals surface area (Å²) in [6.07, 6.45) is 1.76. The van der Waals surface area contributed by atoms with E-state index in [-0.39, 0.29) is 0 Å². The van der Waals surface area contributed by atoms with Crippen LogP contribution in [0.5, 0.6) is 0 Å². The van der Waals surface area contributed by atoms with Crippen LogP contribution in [-0.4, -0.2) is 22.1 Å². The Morgan fingerprint density at radius 2 is 1.76 bits per heavy atom. The van der Waals surface area contributed by atoms with E-state index in [1.54, 1.807) is 13.1 Å². The molecule has 0 aliphatic rings. The lowest BCUT2D eigenvalue weighted by atomic mass is 9.98. The van der Waals surface area contributed by atoms with Gasteiger partial charge in [-0.2, -0.15) is 0 Å². The van der Waals surface area contributed by atoms with E-state index in [2.05, 4.69) is 21.7 Å². The Morgan fingerprint density at radius 3 is 2.52 bits per heavy atom. The van der Waals surface area contributed by atoms with Crippen molar-refractivity contribution >= 4 is 27.8 Å². The van der Waals surface area contributed by atoms with Crippen molar-refractivity contribution in [2.24, 2.45) is 7.05 Å². The number of fused-ring (bicyclic) bond motifs is 3. The third-order valence-electron chi connectivity index (χ3n) is 4.49. The molecule has 0 saturated carbocycles. The van der Waals surface area contributed by atoms with Crippen LogP contribution in [0.4, 0.5) is 0 Å². The molecule has 2 aromatic carbocycles. The summed E-state index contributed by atoms with van der Waals surface area (Å²) >= 11 is 0. The van der Waals surface area contributed by atoms with Crippen molar-refractivity contribution in [3.05, 3.63) is 66.5 Å². The number of nitrogens with zero attached hydrogens (tertiary/aromatic N) is 2. The van der Waals surface area contributed by atoms with Gasteiger partial charge in [-0.1, -0.05) is 48.5 Å². The van der Waals surface area contributed by atoms with Gasteiger partial charge in [-0.05, 0) is 18.6 Å². The first-order chi connectivity index (χ1) is 12.2.